The molecule has 0 aliphatic rings. The van der Waals surface area contributed by atoms with E-state index in [9.17, 15) is 8.42 Å². The third-order valence-electron chi connectivity index (χ3n) is 2.26. The molecule has 7 nitrogen and oxygen atoms in total. The molecule has 1 aromatic carbocycles. The number of sulfonamides is 1. The van der Waals surface area contributed by atoms with Crippen molar-refractivity contribution >= 4 is 27.1 Å². The minimum atomic E-state index is -3.47. The summed E-state index contributed by atoms with van der Waals surface area (Å²) in [6.45, 7) is 0. The van der Waals surface area contributed by atoms with Gasteiger partial charge in [0.25, 0.3) is 0 Å². The molecule has 0 spiro atoms. The number of fused-ring (bicyclic) bond motifs is 1. The molecular formula is C9H12N4O3S. The largest absolute Gasteiger partial charge is 0.423 e. The lowest BCUT2D eigenvalue weighted by atomic mass is 10.3. The molecule has 92 valence electrons. The molecule has 1 aromatic heterocycles. The molecule has 0 radical (unpaired) electrons. The van der Waals surface area contributed by atoms with Crippen LogP contribution in [0.15, 0.2) is 27.5 Å². The van der Waals surface area contributed by atoms with Gasteiger partial charge in [-0.2, -0.15) is 4.98 Å². The minimum Gasteiger partial charge on any atom is -0.423 e. The Hall–Kier alpha value is -1.64. The Kier molecular flexibility index (Phi) is 2.77. The molecule has 2 aromatic rings. The van der Waals surface area contributed by atoms with Crippen molar-refractivity contribution in [2.75, 3.05) is 19.5 Å². The van der Waals surface area contributed by atoms with E-state index in [0.717, 1.165) is 4.31 Å². The van der Waals surface area contributed by atoms with Crippen LogP contribution in [0.5, 0.6) is 0 Å². The number of oxazole rings is 1. The number of hydrogen-bond donors (Lipinski definition) is 2. The average Bonchev–Trinajstić information content (AvgIpc) is 2.70. The molecule has 2 rings (SSSR count). The van der Waals surface area contributed by atoms with Crippen LogP contribution in [0, 0.1) is 0 Å². The summed E-state index contributed by atoms with van der Waals surface area (Å²) in [4.78, 5) is 4.14. The van der Waals surface area contributed by atoms with E-state index in [1.165, 1.54) is 26.2 Å². The Balaban J connectivity index is 2.59. The molecule has 0 fully saturated rings. The number of nitrogens with two attached hydrogens (primary N) is 1. The lowest BCUT2D eigenvalue weighted by Crippen LogP contribution is -2.22. The van der Waals surface area contributed by atoms with Crippen LogP contribution in [0.1, 0.15) is 0 Å². The normalized spacial score (nSPS) is 12.2. The van der Waals surface area contributed by atoms with E-state index >= 15 is 0 Å². The highest BCUT2D eigenvalue weighted by Gasteiger charge is 2.18. The topological polar surface area (TPSA) is 101 Å². The maximum absolute atomic E-state index is 11.9. The average molecular weight is 256 g/mol. The zero-order valence-electron chi connectivity index (χ0n) is 9.34. The summed E-state index contributed by atoms with van der Waals surface area (Å²) in [7, 11) is -0.531. The van der Waals surface area contributed by atoms with Gasteiger partial charge in [-0.15, -0.1) is 0 Å². The van der Waals surface area contributed by atoms with E-state index in [2.05, 4.69) is 10.4 Å². The molecule has 0 unspecified atom stereocenters. The Labute approximate surface area is 98.2 Å². The van der Waals surface area contributed by atoms with Crippen LogP contribution in [-0.4, -0.2) is 31.8 Å². The van der Waals surface area contributed by atoms with Crippen molar-refractivity contribution in [3.8, 4) is 0 Å². The van der Waals surface area contributed by atoms with Gasteiger partial charge in [-0.05, 0) is 18.2 Å². The highest BCUT2D eigenvalue weighted by molar-refractivity contribution is 7.89. The summed E-state index contributed by atoms with van der Waals surface area (Å²) < 4.78 is 30.1. The van der Waals surface area contributed by atoms with Gasteiger partial charge in [-0.25, -0.2) is 18.6 Å². The van der Waals surface area contributed by atoms with Crippen LogP contribution in [-0.2, 0) is 10.0 Å². The second-order valence-electron chi connectivity index (χ2n) is 3.58. The quantitative estimate of drug-likeness (QED) is 0.607. The zero-order chi connectivity index (χ0) is 12.6. The lowest BCUT2D eigenvalue weighted by Gasteiger charge is -2.10. The predicted octanol–water partition coefficient (Wildman–Crippen LogP) is 0.364. The molecule has 3 N–H and O–H groups in total. The fraction of sp³-hybridized carbons (Fsp3) is 0.222. The van der Waals surface area contributed by atoms with Crippen LogP contribution in [0.2, 0.25) is 0 Å². The van der Waals surface area contributed by atoms with E-state index in [-0.39, 0.29) is 10.9 Å². The van der Waals surface area contributed by atoms with Gasteiger partial charge in [-0.3, -0.25) is 5.43 Å². The maximum Gasteiger partial charge on any atom is 0.310 e. The fourth-order valence-corrected chi connectivity index (χ4v) is 2.26. The van der Waals surface area contributed by atoms with E-state index in [4.69, 9.17) is 10.3 Å². The van der Waals surface area contributed by atoms with Crippen LogP contribution >= 0.6 is 0 Å². The lowest BCUT2D eigenvalue weighted by molar-refractivity contribution is 0.521. The first-order chi connectivity index (χ1) is 7.95. The second-order valence-corrected chi connectivity index (χ2v) is 5.73. The van der Waals surface area contributed by atoms with Crippen molar-refractivity contribution in [3.05, 3.63) is 18.2 Å². The first-order valence-corrected chi connectivity index (χ1v) is 6.19. The van der Waals surface area contributed by atoms with Crippen molar-refractivity contribution < 1.29 is 12.8 Å². The van der Waals surface area contributed by atoms with Gasteiger partial charge in [0.1, 0.15) is 5.52 Å². The van der Waals surface area contributed by atoms with Gasteiger partial charge in [0.05, 0.1) is 4.90 Å². The van der Waals surface area contributed by atoms with Crippen LogP contribution in [0.4, 0.5) is 6.01 Å². The molecule has 8 heteroatoms. The first kappa shape index (κ1) is 11.8. The smallest absolute Gasteiger partial charge is 0.310 e. The number of rotatable bonds is 3. The Bertz CT molecular complexity index is 647. The molecule has 0 amide bonds. The zero-order valence-corrected chi connectivity index (χ0v) is 10.2. The first-order valence-electron chi connectivity index (χ1n) is 4.75. The monoisotopic (exact) mass is 256 g/mol. The Morgan fingerprint density at radius 1 is 1.41 bits per heavy atom. The number of nitrogens with zero attached hydrogens (tertiary/aromatic N) is 2. The van der Waals surface area contributed by atoms with Crippen molar-refractivity contribution in [3.63, 3.8) is 0 Å². The summed E-state index contributed by atoms with van der Waals surface area (Å²) >= 11 is 0. The third kappa shape index (κ3) is 1.97. The van der Waals surface area contributed by atoms with Gasteiger partial charge in [-0.1, -0.05) is 0 Å². The molecule has 0 bridgehead atoms. The summed E-state index contributed by atoms with van der Waals surface area (Å²) in [5.74, 6) is 5.15. The molecule has 0 aliphatic carbocycles. The van der Waals surface area contributed by atoms with Crippen molar-refractivity contribution in [1.82, 2.24) is 9.29 Å². The van der Waals surface area contributed by atoms with E-state index in [1.807, 2.05) is 0 Å². The fourth-order valence-electron chi connectivity index (χ4n) is 1.34. The molecular weight excluding hydrogens is 244 g/mol. The van der Waals surface area contributed by atoms with E-state index < -0.39 is 10.0 Å². The third-order valence-corrected chi connectivity index (χ3v) is 4.07. The van der Waals surface area contributed by atoms with Gasteiger partial charge in [0, 0.05) is 14.1 Å². The van der Waals surface area contributed by atoms with Gasteiger partial charge in [0.2, 0.25) is 10.0 Å². The standard InChI is InChI=1S/C9H12N4O3S/c1-13(2)17(14,15)6-3-4-8-7(5-6)11-9(12-10)16-8/h3-5H,10H2,1-2H3,(H,11,12). The SMILES string of the molecule is CN(C)S(=O)(=O)c1ccc2oc(NN)nc2c1. The van der Waals surface area contributed by atoms with Gasteiger partial charge >= 0.3 is 6.01 Å². The summed E-state index contributed by atoms with van der Waals surface area (Å²) in [6.07, 6.45) is 0. The van der Waals surface area contributed by atoms with E-state index in [0.29, 0.717) is 11.1 Å². The second kappa shape index (κ2) is 3.99. The number of hydrogen-bond acceptors (Lipinski definition) is 6. The predicted molar refractivity (Wildman–Crippen MR) is 62.7 cm³/mol. The summed E-state index contributed by atoms with van der Waals surface area (Å²) in [5.41, 5.74) is 3.16. The number of benzene rings is 1. The number of nitrogen functional groups attached to an aromatic ring is 1. The molecule has 0 saturated carbocycles. The van der Waals surface area contributed by atoms with Crippen LogP contribution in [0.3, 0.4) is 0 Å². The highest BCUT2D eigenvalue weighted by atomic mass is 32.2. The van der Waals surface area contributed by atoms with Crippen LogP contribution in [0.25, 0.3) is 11.1 Å². The molecule has 1 heterocycles. The maximum atomic E-state index is 11.9. The minimum absolute atomic E-state index is 0.138. The van der Waals surface area contributed by atoms with Crippen molar-refractivity contribution in [2.24, 2.45) is 5.84 Å². The Morgan fingerprint density at radius 3 is 2.71 bits per heavy atom. The highest BCUT2D eigenvalue weighted by Crippen LogP contribution is 2.22. The number of hydrazine groups is 1. The number of nitrogens with one attached hydrogen (secondary N) is 1. The molecule has 17 heavy (non-hydrogen) atoms. The summed E-state index contributed by atoms with van der Waals surface area (Å²) in [6, 6.07) is 4.58. The summed E-state index contributed by atoms with van der Waals surface area (Å²) in [5, 5.41) is 0. The van der Waals surface area contributed by atoms with Crippen LogP contribution < -0.4 is 11.3 Å². The van der Waals surface area contributed by atoms with Gasteiger partial charge < -0.3 is 4.42 Å². The van der Waals surface area contributed by atoms with Crippen molar-refractivity contribution in [1.29, 1.82) is 0 Å². The Morgan fingerprint density at radius 2 is 2.12 bits per heavy atom. The van der Waals surface area contributed by atoms with E-state index in [1.54, 1.807) is 6.07 Å². The number of anilines is 1. The van der Waals surface area contributed by atoms with Crippen molar-refractivity contribution in [2.45, 2.75) is 4.90 Å². The molecule has 0 aliphatic heterocycles. The number of aromatic nitrogens is 1. The molecule has 0 atom stereocenters. The van der Waals surface area contributed by atoms with Gasteiger partial charge in [0.15, 0.2) is 5.58 Å². The molecule has 0 saturated heterocycles.